The Morgan fingerprint density at radius 2 is 2.21 bits per heavy atom. The van der Waals surface area contributed by atoms with E-state index in [-0.39, 0.29) is 0 Å². The van der Waals surface area contributed by atoms with Gasteiger partial charge in [0.15, 0.2) is 5.82 Å². The van der Waals surface area contributed by atoms with Gasteiger partial charge < -0.3 is 14.7 Å². The van der Waals surface area contributed by atoms with Crippen molar-refractivity contribution in [3.05, 3.63) is 5.82 Å². The summed E-state index contributed by atoms with van der Waals surface area (Å²) in [6.45, 7) is 4.95. The van der Waals surface area contributed by atoms with Gasteiger partial charge in [-0.2, -0.15) is 4.98 Å². The summed E-state index contributed by atoms with van der Waals surface area (Å²) in [4.78, 5) is 6.23. The Labute approximate surface area is 84.5 Å². The molecular weight excluding hydrogens is 180 g/mol. The number of aromatic nitrogens is 2. The van der Waals surface area contributed by atoms with Crippen LogP contribution in [0.3, 0.4) is 0 Å². The Morgan fingerprint density at radius 1 is 1.50 bits per heavy atom. The molecule has 1 aromatic rings. The number of nitrogens with zero attached hydrogens (tertiary/aromatic N) is 3. The second-order valence-electron chi connectivity index (χ2n) is 3.78. The van der Waals surface area contributed by atoms with Gasteiger partial charge in [0.25, 0.3) is 0 Å². The molecule has 0 aliphatic rings. The Kier molecular flexibility index (Phi) is 3.88. The maximum absolute atomic E-state index is 4.96. The molecule has 1 rings (SSSR count). The zero-order chi connectivity index (χ0) is 10.6. The Morgan fingerprint density at radius 3 is 2.71 bits per heavy atom. The highest BCUT2D eigenvalue weighted by molar-refractivity contribution is 5.19. The SMILES string of the molecule is Cc1noc(NC(C)CCN(C)C)n1. The summed E-state index contributed by atoms with van der Waals surface area (Å²) in [5.74, 6) is 0.660. The molecule has 0 amide bonds. The van der Waals surface area contributed by atoms with Crippen LogP contribution in [0.15, 0.2) is 4.52 Å². The molecule has 0 spiro atoms. The number of hydrogen-bond donors (Lipinski definition) is 1. The summed E-state index contributed by atoms with van der Waals surface area (Å²) in [5, 5.41) is 6.86. The van der Waals surface area contributed by atoms with Gasteiger partial charge in [-0.1, -0.05) is 5.16 Å². The lowest BCUT2D eigenvalue weighted by Crippen LogP contribution is -2.23. The van der Waals surface area contributed by atoms with Gasteiger partial charge in [0.2, 0.25) is 0 Å². The number of aryl methyl sites for hydroxylation is 1. The Balaban J connectivity index is 2.30. The first-order valence-electron chi connectivity index (χ1n) is 4.79. The average molecular weight is 198 g/mol. The molecule has 0 bridgehead atoms. The van der Waals surface area contributed by atoms with Crippen LogP contribution in [-0.4, -0.2) is 41.7 Å². The molecule has 1 atom stereocenters. The molecule has 1 unspecified atom stereocenters. The van der Waals surface area contributed by atoms with E-state index in [1.807, 2.05) is 0 Å². The average Bonchev–Trinajstić information content (AvgIpc) is 2.48. The van der Waals surface area contributed by atoms with Crippen molar-refractivity contribution >= 4 is 6.01 Å². The Bertz CT molecular complexity index is 272. The monoisotopic (exact) mass is 198 g/mol. The fourth-order valence-electron chi connectivity index (χ4n) is 1.09. The molecule has 14 heavy (non-hydrogen) atoms. The summed E-state index contributed by atoms with van der Waals surface area (Å²) in [6.07, 6.45) is 1.05. The number of anilines is 1. The maximum atomic E-state index is 4.96. The van der Waals surface area contributed by atoms with Crippen LogP contribution >= 0.6 is 0 Å². The molecule has 5 nitrogen and oxygen atoms in total. The normalized spacial score (nSPS) is 13.2. The van der Waals surface area contributed by atoms with Gasteiger partial charge in [0, 0.05) is 6.04 Å². The topological polar surface area (TPSA) is 54.2 Å². The number of nitrogens with one attached hydrogen (secondary N) is 1. The van der Waals surface area contributed by atoms with Crippen LogP contribution in [0.4, 0.5) is 6.01 Å². The van der Waals surface area contributed by atoms with E-state index in [2.05, 4.69) is 41.4 Å². The van der Waals surface area contributed by atoms with Crippen LogP contribution in [0.1, 0.15) is 19.2 Å². The van der Waals surface area contributed by atoms with Crippen LogP contribution < -0.4 is 5.32 Å². The van der Waals surface area contributed by atoms with Crippen molar-refractivity contribution < 1.29 is 4.52 Å². The summed E-state index contributed by atoms with van der Waals surface area (Å²) in [5.41, 5.74) is 0. The summed E-state index contributed by atoms with van der Waals surface area (Å²) < 4.78 is 4.96. The summed E-state index contributed by atoms with van der Waals surface area (Å²) in [7, 11) is 4.12. The van der Waals surface area contributed by atoms with Crippen LogP contribution in [-0.2, 0) is 0 Å². The maximum Gasteiger partial charge on any atom is 0.321 e. The molecule has 0 aromatic carbocycles. The fraction of sp³-hybridized carbons (Fsp3) is 0.778. The molecule has 0 aliphatic heterocycles. The number of hydrogen-bond acceptors (Lipinski definition) is 5. The van der Waals surface area contributed by atoms with E-state index in [0.29, 0.717) is 17.9 Å². The standard InChI is InChI=1S/C9H18N4O/c1-7(5-6-13(3)4)10-9-11-8(2)12-14-9/h7H,5-6H2,1-4H3,(H,10,11,12). The van der Waals surface area contributed by atoms with Crippen molar-refractivity contribution in [2.45, 2.75) is 26.3 Å². The number of rotatable bonds is 5. The van der Waals surface area contributed by atoms with Gasteiger partial charge in [-0.05, 0) is 40.9 Å². The van der Waals surface area contributed by atoms with E-state index < -0.39 is 0 Å². The molecule has 1 aromatic heterocycles. The molecule has 5 heteroatoms. The van der Waals surface area contributed by atoms with Crippen LogP contribution in [0.5, 0.6) is 0 Å². The second-order valence-corrected chi connectivity index (χ2v) is 3.78. The van der Waals surface area contributed by atoms with Gasteiger partial charge in [-0.25, -0.2) is 0 Å². The van der Waals surface area contributed by atoms with E-state index in [1.165, 1.54) is 0 Å². The van der Waals surface area contributed by atoms with E-state index in [4.69, 9.17) is 4.52 Å². The molecule has 0 saturated heterocycles. The summed E-state index contributed by atoms with van der Waals surface area (Å²) in [6, 6.07) is 0.853. The van der Waals surface area contributed by atoms with E-state index in [9.17, 15) is 0 Å². The molecule has 1 heterocycles. The summed E-state index contributed by atoms with van der Waals surface area (Å²) >= 11 is 0. The Hall–Kier alpha value is -1.10. The molecule has 0 radical (unpaired) electrons. The first-order chi connectivity index (χ1) is 6.58. The molecule has 0 fully saturated rings. The van der Waals surface area contributed by atoms with Crippen molar-refractivity contribution in [1.29, 1.82) is 0 Å². The lowest BCUT2D eigenvalue weighted by Gasteiger charge is -2.14. The predicted molar refractivity (Wildman–Crippen MR) is 55.3 cm³/mol. The van der Waals surface area contributed by atoms with Crippen molar-refractivity contribution in [2.75, 3.05) is 26.0 Å². The molecule has 1 N–H and O–H groups in total. The molecule has 0 saturated carbocycles. The van der Waals surface area contributed by atoms with Crippen LogP contribution in [0, 0.1) is 6.92 Å². The second kappa shape index (κ2) is 4.95. The molecular formula is C9H18N4O. The zero-order valence-corrected chi connectivity index (χ0v) is 9.24. The van der Waals surface area contributed by atoms with E-state index >= 15 is 0 Å². The van der Waals surface area contributed by atoms with Crippen molar-refractivity contribution in [2.24, 2.45) is 0 Å². The smallest absolute Gasteiger partial charge is 0.321 e. The predicted octanol–water partition coefficient (Wildman–Crippen LogP) is 1.13. The first-order valence-corrected chi connectivity index (χ1v) is 4.79. The van der Waals surface area contributed by atoms with E-state index in [1.54, 1.807) is 6.92 Å². The van der Waals surface area contributed by atoms with Gasteiger partial charge in [-0.3, -0.25) is 0 Å². The minimum atomic E-state index is 0.345. The largest absolute Gasteiger partial charge is 0.335 e. The zero-order valence-electron chi connectivity index (χ0n) is 9.24. The lowest BCUT2D eigenvalue weighted by molar-refractivity contribution is 0.383. The van der Waals surface area contributed by atoms with Gasteiger partial charge in [-0.15, -0.1) is 0 Å². The molecule has 0 aliphatic carbocycles. The van der Waals surface area contributed by atoms with Gasteiger partial charge >= 0.3 is 6.01 Å². The third kappa shape index (κ3) is 3.74. The van der Waals surface area contributed by atoms with Crippen molar-refractivity contribution in [1.82, 2.24) is 15.0 Å². The highest BCUT2D eigenvalue weighted by Crippen LogP contribution is 2.06. The quantitative estimate of drug-likeness (QED) is 0.768. The van der Waals surface area contributed by atoms with Gasteiger partial charge in [0.1, 0.15) is 0 Å². The third-order valence-electron chi connectivity index (χ3n) is 1.91. The lowest BCUT2D eigenvalue weighted by atomic mass is 10.2. The minimum Gasteiger partial charge on any atom is -0.335 e. The van der Waals surface area contributed by atoms with Gasteiger partial charge in [0.05, 0.1) is 0 Å². The van der Waals surface area contributed by atoms with Crippen molar-refractivity contribution in [3.8, 4) is 0 Å². The highest BCUT2D eigenvalue weighted by atomic mass is 16.5. The first kappa shape index (κ1) is 11.0. The van der Waals surface area contributed by atoms with Crippen LogP contribution in [0.25, 0.3) is 0 Å². The van der Waals surface area contributed by atoms with E-state index in [0.717, 1.165) is 13.0 Å². The van der Waals surface area contributed by atoms with Crippen LogP contribution in [0.2, 0.25) is 0 Å². The van der Waals surface area contributed by atoms with Crippen molar-refractivity contribution in [3.63, 3.8) is 0 Å². The minimum absolute atomic E-state index is 0.345. The fourth-order valence-corrected chi connectivity index (χ4v) is 1.09. The molecule has 80 valence electrons. The highest BCUT2D eigenvalue weighted by Gasteiger charge is 2.07. The third-order valence-corrected chi connectivity index (χ3v) is 1.91.